The van der Waals surface area contributed by atoms with E-state index >= 15 is 0 Å². The predicted molar refractivity (Wildman–Crippen MR) is 138 cm³/mol. The molecule has 1 atom stereocenters. The standard InChI is InChI=1S/C28H24N4O4/c1-15-12-20(16(2)31-23-7-5-4-6-19(23)28(34)35)25-21(13-15)24-26(36-25)22(14-30-32-24)17-8-10-18(11-9-17)27(33)29-3/h4-14,16,31H,1-3H3,(H,29,33)(H,34,35)/t16-/m1/s1. The number of aromatic nitrogens is 2. The van der Waals surface area contributed by atoms with Gasteiger partial charge >= 0.3 is 5.97 Å². The van der Waals surface area contributed by atoms with Crippen molar-refractivity contribution in [3.05, 3.63) is 89.1 Å². The SMILES string of the molecule is CNC(=O)c1ccc(-c2cnnc3c2oc2c([C@@H](C)Nc4ccccc4C(=O)O)cc(C)cc23)cc1. The molecule has 180 valence electrons. The van der Waals surface area contributed by atoms with Crippen LogP contribution >= 0.6 is 0 Å². The predicted octanol–water partition coefficient (Wildman–Crippen LogP) is 5.58. The van der Waals surface area contributed by atoms with Crippen LogP contribution in [-0.4, -0.2) is 34.2 Å². The van der Waals surface area contributed by atoms with Crippen LogP contribution in [0.2, 0.25) is 0 Å². The highest BCUT2D eigenvalue weighted by Gasteiger charge is 2.21. The van der Waals surface area contributed by atoms with Crippen LogP contribution in [0.3, 0.4) is 0 Å². The van der Waals surface area contributed by atoms with Gasteiger partial charge in [-0.2, -0.15) is 5.10 Å². The van der Waals surface area contributed by atoms with E-state index < -0.39 is 5.97 Å². The van der Waals surface area contributed by atoms with Crippen molar-refractivity contribution in [2.24, 2.45) is 0 Å². The van der Waals surface area contributed by atoms with Crippen molar-refractivity contribution in [1.29, 1.82) is 0 Å². The lowest BCUT2D eigenvalue weighted by atomic mass is 10.0. The van der Waals surface area contributed by atoms with Crippen molar-refractivity contribution in [2.45, 2.75) is 19.9 Å². The fourth-order valence-electron chi connectivity index (χ4n) is 4.43. The van der Waals surface area contributed by atoms with E-state index in [9.17, 15) is 14.7 Å². The average molecular weight is 481 g/mol. The summed E-state index contributed by atoms with van der Waals surface area (Å²) in [5.74, 6) is -1.15. The number of para-hydroxylation sites is 1. The Hall–Kier alpha value is -4.72. The number of furan rings is 1. The number of rotatable bonds is 6. The Morgan fingerprint density at radius 2 is 1.78 bits per heavy atom. The lowest BCUT2D eigenvalue weighted by molar-refractivity contribution is 0.0697. The van der Waals surface area contributed by atoms with E-state index in [4.69, 9.17) is 4.42 Å². The molecule has 2 heterocycles. The first-order valence-corrected chi connectivity index (χ1v) is 11.5. The summed E-state index contributed by atoms with van der Waals surface area (Å²) in [5.41, 5.74) is 6.69. The summed E-state index contributed by atoms with van der Waals surface area (Å²) < 4.78 is 6.42. The zero-order chi connectivity index (χ0) is 25.4. The van der Waals surface area contributed by atoms with Crippen molar-refractivity contribution >= 4 is 39.6 Å². The molecule has 1 amide bonds. The normalized spacial score (nSPS) is 12.0. The Bertz CT molecular complexity index is 1620. The van der Waals surface area contributed by atoms with Gasteiger partial charge in [0.05, 0.1) is 17.8 Å². The molecule has 0 aliphatic heterocycles. The Morgan fingerprint density at radius 3 is 2.50 bits per heavy atom. The zero-order valence-corrected chi connectivity index (χ0v) is 20.0. The number of fused-ring (bicyclic) bond motifs is 3. The van der Waals surface area contributed by atoms with Gasteiger partial charge in [0.25, 0.3) is 5.91 Å². The van der Waals surface area contributed by atoms with E-state index in [0.29, 0.717) is 27.9 Å². The van der Waals surface area contributed by atoms with Crippen LogP contribution in [-0.2, 0) is 0 Å². The number of aromatic carboxylic acids is 1. The summed E-state index contributed by atoms with van der Waals surface area (Å²) in [6, 6.07) is 17.8. The summed E-state index contributed by atoms with van der Waals surface area (Å²) in [4.78, 5) is 23.6. The Morgan fingerprint density at radius 1 is 1.03 bits per heavy atom. The topological polar surface area (TPSA) is 117 Å². The van der Waals surface area contributed by atoms with E-state index in [-0.39, 0.29) is 17.5 Å². The molecule has 0 fully saturated rings. The van der Waals surface area contributed by atoms with Crippen LogP contribution in [0.25, 0.3) is 33.2 Å². The molecule has 0 saturated carbocycles. The molecule has 8 heteroatoms. The van der Waals surface area contributed by atoms with Crippen molar-refractivity contribution in [1.82, 2.24) is 15.5 Å². The number of anilines is 1. The monoisotopic (exact) mass is 480 g/mol. The van der Waals surface area contributed by atoms with Crippen molar-refractivity contribution in [3.8, 4) is 11.1 Å². The molecule has 0 spiro atoms. The van der Waals surface area contributed by atoms with Crippen LogP contribution in [0.1, 0.15) is 44.8 Å². The lowest BCUT2D eigenvalue weighted by Crippen LogP contribution is -2.17. The molecule has 3 aromatic carbocycles. The number of carbonyl (C=O) groups is 2. The van der Waals surface area contributed by atoms with Crippen molar-refractivity contribution in [3.63, 3.8) is 0 Å². The van der Waals surface area contributed by atoms with Gasteiger partial charge in [-0.3, -0.25) is 4.79 Å². The first-order valence-electron chi connectivity index (χ1n) is 11.5. The zero-order valence-electron chi connectivity index (χ0n) is 20.0. The van der Waals surface area contributed by atoms with Crippen molar-refractivity contribution in [2.75, 3.05) is 12.4 Å². The number of carbonyl (C=O) groups excluding carboxylic acids is 1. The van der Waals surface area contributed by atoms with Crippen molar-refractivity contribution < 1.29 is 19.1 Å². The molecule has 5 aromatic rings. The van der Waals surface area contributed by atoms with Gasteiger partial charge in [0.15, 0.2) is 5.58 Å². The van der Waals surface area contributed by atoms with Gasteiger partial charge in [0, 0.05) is 34.8 Å². The lowest BCUT2D eigenvalue weighted by Gasteiger charge is -2.18. The quantitative estimate of drug-likeness (QED) is 0.290. The van der Waals surface area contributed by atoms with Gasteiger partial charge in [-0.15, -0.1) is 5.10 Å². The van der Waals surface area contributed by atoms with Crippen LogP contribution < -0.4 is 10.6 Å². The number of nitrogens with zero attached hydrogens (tertiary/aromatic N) is 2. The Balaban J connectivity index is 1.62. The summed E-state index contributed by atoms with van der Waals surface area (Å²) >= 11 is 0. The fourth-order valence-corrected chi connectivity index (χ4v) is 4.43. The number of carboxylic acid groups (broad SMARTS) is 1. The summed E-state index contributed by atoms with van der Waals surface area (Å²) in [6.07, 6.45) is 1.65. The molecule has 8 nitrogen and oxygen atoms in total. The number of aryl methyl sites for hydroxylation is 1. The van der Waals surface area contributed by atoms with E-state index in [0.717, 1.165) is 27.6 Å². The second-order valence-electron chi connectivity index (χ2n) is 8.64. The van der Waals surface area contributed by atoms with E-state index in [2.05, 4.69) is 20.8 Å². The maximum absolute atomic E-state index is 11.9. The molecule has 36 heavy (non-hydrogen) atoms. The third-order valence-corrected chi connectivity index (χ3v) is 6.21. The van der Waals surface area contributed by atoms with Crippen LogP contribution in [0.5, 0.6) is 0 Å². The molecule has 0 radical (unpaired) electrons. The molecular formula is C28H24N4O4. The van der Waals surface area contributed by atoms with Crippen LogP contribution in [0, 0.1) is 6.92 Å². The molecule has 2 aromatic heterocycles. The maximum atomic E-state index is 11.9. The summed E-state index contributed by atoms with van der Waals surface area (Å²) in [5, 5.41) is 24.9. The molecular weight excluding hydrogens is 456 g/mol. The van der Waals surface area contributed by atoms with Crippen LogP contribution in [0.15, 0.2) is 71.3 Å². The van der Waals surface area contributed by atoms with Crippen LogP contribution in [0.4, 0.5) is 5.69 Å². The van der Waals surface area contributed by atoms with Gasteiger partial charge in [-0.05, 0) is 55.3 Å². The van der Waals surface area contributed by atoms with Gasteiger partial charge in [-0.1, -0.05) is 30.3 Å². The average Bonchev–Trinajstić information content (AvgIpc) is 3.26. The number of hydrogen-bond acceptors (Lipinski definition) is 6. The molecule has 0 saturated heterocycles. The minimum Gasteiger partial charge on any atom is -0.478 e. The van der Waals surface area contributed by atoms with E-state index in [1.807, 2.05) is 38.1 Å². The second kappa shape index (κ2) is 9.14. The molecule has 0 aliphatic carbocycles. The van der Waals surface area contributed by atoms with Gasteiger partial charge in [0.2, 0.25) is 0 Å². The van der Waals surface area contributed by atoms with E-state index in [1.165, 1.54) is 0 Å². The molecule has 5 rings (SSSR count). The Kier molecular flexibility index (Phi) is 5.85. The summed E-state index contributed by atoms with van der Waals surface area (Å²) in [6.45, 7) is 3.96. The third kappa shape index (κ3) is 4.02. The molecule has 0 bridgehead atoms. The number of amides is 1. The first-order chi connectivity index (χ1) is 17.4. The number of benzene rings is 3. The first kappa shape index (κ1) is 23.0. The number of hydrogen-bond donors (Lipinski definition) is 3. The highest BCUT2D eigenvalue weighted by molar-refractivity contribution is 6.08. The van der Waals surface area contributed by atoms with Gasteiger partial charge < -0.3 is 20.2 Å². The largest absolute Gasteiger partial charge is 0.478 e. The molecule has 3 N–H and O–H groups in total. The highest BCUT2D eigenvalue weighted by atomic mass is 16.4. The fraction of sp³-hybridized carbons (Fsp3) is 0.143. The third-order valence-electron chi connectivity index (χ3n) is 6.21. The maximum Gasteiger partial charge on any atom is 0.337 e. The summed E-state index contributed by atoms with van der Waals surface area (Å²) in [7, 11) is 1.59. The minimum absolute atomic E-state index is 0.158. The molecule has 0 aliphatic rings. The number of nitrogens with one attached hydrogen (secondary N) is 2. The second-order valence-corrected chi connectivity index (χ2v) is 8.64. The molecule has 0 unspecified atom stereocenters. The van der Waals surface area contributed by atoms with E-state index in [1.54, 1.807) is 49.6 Å². The Labute approximate surface area is 207 Å². The van der Waals surface area contributed by atoms with Gasteiger partial charge in [-0.25, -0.2) is 4.79 Å². The minimum atomic E-state index is -0.995. The number of carboxylic acids is 1. The highest BCUT2D eigenvalue weighted by Crippen LogP contribution is 2.38. The van der Waals surface area contributed by atoms with Gasteiger partial charge in [0.1, 0.15) is 11.1 Å². The smallest absolute Gasteiger partial charge is 0.337 e.